The van der Waals surface area contributed by atoms with Gasteiger partial charge in [-0.05, 0) is 30.5 Å². The molecule has 90 valence electrons. The fourth-order valence-corrected chi connectivity index (χ4v) is 2.45. The second kappa shape index (κ2) is 4.81. The Balaban J connectivity index is 2.21. The van der Waals surface area contributed by atoms with Gasteiger partial charge in [0.15, 0.2) is 0 Å². The molecule has 0 spiro atoms. The number of aliphatic hydroxyl groups excluding tert-OH is 1. The van der Waals surface area contributed by atoms with Crippen molar-refractivity contribution in [3.05, 3.63) is 35.0 Å². The van der Waals surface area contributed by atoms with E-state index in [1.165, 1.54) is 23.5 Å². The van der Waals surface area contributed by atoms with Gasteiger partial charge in [-0.1, -0.05) is 6.07 Å². The van der Waals surface area contributed by atoms with Gasteiger partial charge >= 0.3 is 0 Å². The van der Waals surface area contributed by atoms with Crippen LogP contribution in [0.25, 0.3) is 10.1 Å². The number of carbonyl (C=O) groups excluding carboxylic acids is 1. The molecule has 1 heterocycles. The summed E-state index contributed by atoms with van der Waals surface area (Å²) in [5.41, 5.74) is 0. The van der Waals surface area contributed by atoms with E-state index in [0.717, 1.165) is 10.1 Å². The van der Waals surface area contributed by atoms with Gasteiger partial charge < -0.3 is 10.4 Å². The maximum atomic E-state index is 13.0. The minimum Gasteiger partial charge on any atom is -0.392 e. The highest BCUT2D eigenvalue weighted by Gasteiger charge is 2.10. The van der Waals surface area contributed by atoms with E-state index >= 15 is 0 Å². The molecule has 1 aromatic heterocycles. The molecule has 0 saturated heterocycles. The number of hydrogen-bond acceptors (Lipinski definition) is 3. The van der Waals surface area contributed by atoms with Crippen LogP contribution in [0.1, 0.15) is 16.6 Å². The zero-order chi connectivity index (χ0) is 12.4. The monoisotopic (exact) mass is 253 g/mol. The van der Waals surface area contributed by atoms with Crippen LogP contribution in [0.5, 0.6) is 0 Å². The average Bonchev–Trinajstić information content (AvgIpc) is 2.68. The van der Waals surface area contributed by atoms with Crippen molar-refractivity contribution >= 4 is 27.3 Å². The lowest BCUT2D eigenvalue weighted by Gasteiger charge is -2.04. The van der Waals surface area contributed by atoms with Crippen molar-refractivity contribution in [1.29, 1.82) is 0 Å². The fraction of sp³-hybridized carbons (Fsp3) is 0.250. The highest BCUT2D eigenvalue weighted by atomic mass is 32.1. The maximum absolute atomic E-state index is 13.0. The molecule has 1 amide bonds. The third-order valence-corrected chi connectivity index (χ3v) is 3.36. The molecule has 17 heavy (non-hydrogen) atoms. The maximum Gasteiger partial charge on any atom is 0.261 e. The average molecular weight is 253 g/mol. The van der Waals surface area contributed by atoms with E-state index in [1.807, 2.05) is 0 Å². The van der Waals surface area contributed by atoms with Crippen LogP contribution >= 0.6 is 11.3 Å². The number of amides is 1. The molecule has 0 bridgehead atoms. The van der Waals surface area contributed by atoms with Crippen LogP contribution in [0, 0.1) is 5.82 Å². The van der Waals surface area contributed by atoms with Crippen LogP contribution in [0.4, 0.5) is 4.39 Å². The van der Waals surface area contributed by atoms with Crippen LogP contribution in [0.3, 0.4) is 0 Å². The van der Waals surface area contributed by atoms with Crippen molar-refractivity contribution in [2.75, 3.05) is 6.54 Å². The Morgan fingerprint density at radius 2 is 2.29 bits per heavy atom. The number of fused-ring (bicyclic) bond motifs is 1. The first-order valence-corrected chi connectivity index (χ1v) is 6.03. The van der Waals surface area contributed by atoms with Gasteiger partial charge in [0, 0.05) is 11.2 Å². The molecule has 3 nitrogen and oxygen atoms in total. The fourth-order valence-electron chi connectivity index (χ4n) is 1.44. The van der Waals surface area contributed by atoms with E-state index in [9.17, 15) is 9.18 Å². The van der Waals surface area contributed by atoms with E-state index in [4.69, 9.17) is 5.11 Å². The number of benzene rings is 1. The second-order valence-electron chi connectivity index (χ2n) is 3.85. The predicted octanol–water partition coefficient (Wildman–Crippen LogP) is 2.15. The van der Waals surface area contributed by atoms with Crippen molar-refractivity contribution in [3.63, 3.8) is 0 Å². The van der Waals surface area contributed by atoms with Crippen molar-refractivity contribution in [2.24, 2.45) is 0 Å². The number of thiophene rings is 1. The molecule has 1 atom stereocenters. The van der Waals surface area contributed by atoms with Gasteiger partial charge in [-0.15, -0.1) is 11.3 Å². The van der Waals surface area contributed by atoms with Crippen LogP contribution < -0.4 is 5.32 Å². The summed E-state index contributed by atoms with van der Waals surface area (Å²) in [4.78, 5) is 12.2. The van der Waals surface area contributed by atoms with Crippen LogP contribution in [-0.4, -0.2) is 23.7 Å². The third-order valence-electron chi connectivity index (χ3n) is 2.26. The van der Waals surface area contributed by atoms with Crippen LogP contribution in [0.2, 0.25) is 0 Å². The van der Waals surface area contributed by atoms with Gasteiger partial charge in [0.2, 0.25) is 0 Å². The highest BCUT2D eigenvalue weighted by Crippen LogP contribution is 2.26. The van der Waals surface area contributed by atoms with Gasteiger partial charge in [-0.2, -0.15) is 0 Å². The first kappa shape index (κ1) is 12.0. The number of halogens is 1. The lowest BCUT2D eigenvalue weighted by Crippen LogP contribution is -2.29. The minimum atomic E-state index is -0.578. The van der Waals surface area contributed by atoms with Crippen molar-refractivity contribution in [1.82, 2.24) is 5.32 Å². The van der Waals surface area contributed by atoms with E-state index in [1.54, 1.807) is 19.1 Å². The van der Waals surface area contributed by atoms with Crippen LogP contribution in [0.15, 0.2) is 24.3 Å². The Morgan fingerprint density at radius 3 is 3.00 bits per heavy atom. The molecular formula is C12H12FNO2S. The number of carbonyl (C=O) groups is 1. The summed E-state index contributed by atoms with van der Waals surface area (Å²) in [6.45, 7) is 1.81. The van der Waals surface area contributed by atoms with E-state index in [2.05, 4.69) is 5.32 Å². The zero-order valence-corrected chi connectivity index (χ0v) is 10.1. The first-order chi connectivity index (χ1) is 8.06. The molecule has 2 N–H and O–H groups in total. The predicted molar refractivity (Wildman–Crippen MR) is 65.8 cm³/mol. The Kier molecular flexibility index (Phi) is 3.40. The smallest absolute Gasteiger partial charge is 0.261 e. The summed E-state index contributed by atoms with van der Waals surface area (Å²) in [6.07, 6.45) is -0.578. The summed E-state index contributed by atoms with van der Waals surface area (Å²) in [5, 5.41) is 12.5. The number of aliphatic hydroxyl groups is 1. The van der Waals surface area contributed by atoms with Crippen molar-refractivity contribution in [3.8, 4) is 0 Å². The molecule has 2 aromatic rings. The summed E-state index contributed by atoms with van der Waals surface area (Å²) >= 11 is 1.24. The van der Waals surface area contributed by atoms with Gasteiger partial charge in [0.1, 0.15) is 5.82 Å². The lowest BCUT2D eigenvalue weighted by molar-refractivity contribution is 0.0928. The molecule has 1 unspecified atom stereocenters. The van der Waals surface area contributed by atoms with E-state index in [-0.39, 0.29) is 18.3 Å². The normalized spacial score (nSPS) is 12.6. The highest BCUT2D eigenvalue weighted by molar-refractivity contribution is 7.20. The third kappa shape index (κ3) is 2.81. The van der Waals surface area contributed by atoms with E-state index < -0.39 is 6.10 Å². The number of nitrogens with one attached hydrogen (secondary N) is 1. The molecule has 0 aliphatic rings. The summed E-state index contributed by atoms with van der Waals surface area (Å²) in [7, 11) is 0. The molecular weight excluding hydrogens is 241 g/mol. The molecule has 5 heteroatoms. The number of hydrogen-bond donors (Lipinski definition) is 2. The molecule has 0 saturated carbocycles. The summed E-state index contributed by atoms with van der Waals surface area (Å²) < 4.78 is 13.7. The number of rotatable bonds is 3. The summed E-state index contributed by atoms with van der Waals surface area (Å²) in [5.74, 6) is -0.553. The van der Waals surface area contributed by atoms with Crippen molar-refractivity contribution < 1.29 is 14.3 Å². The Bertz CT molecular complexity index is 550. The Hall–Kier alpha value is -1.46. The van der Waals surface area contributed by atoms with Gasteiger partial charge in [-0.3, -0.25) is 4.79 Å². The molecule has 1 aromatic carbocycles. The molecule has 0 fully saturated rings. The standard InChI is InChI=1S/C12H12FNO2S/c1-7(15)6-14-12(16)11-4-8-2-3-9(13)5-10(8)17-11/h2-5,7,15H,6H2,1H3,(H,14,16). The Labute approximate surface area is 102 Å². The topological polar surface area (TPSA) is 49.3 Å². The molecule has 0 radical (unpaired) electrons. The minimum absolute atomic E-state index is 0.210. The van der Waals surface area contributed by atoms with E-state index in [0.29, 0.717) is 4.88 Å². The van der Waals surface area contributed by atoms with Gasteiger partial charge in [0.25, 0.3) is 5.91 Å². The Morgan fingerprint density at radius 1 is 1.53 bits per heavy atom. The quantitative estimate of drug-likeness (QED) is 0.880. The van der Waals surface area contributed by atoms with Gasteiger partial charge in [-0.25, -0.2) is 4.39 Å². The SMILES string of the molecule is CC(O)CNC(=O)c1cc2ccc(F)cc2s1. The molecule has 0 aliphatic carbocycles. The largest absolute Gasteiger partial charge is 0.392 e. The van der Waals surface area contributed by atoms with Crippen LogP contribution in [-0.2, 0) is 0 Å². The summed E-state index contributed by atoms with van der Waals surface area (Å²) in [6, 6.07) is 6.14. The van der Waals surface area contributed by atoms with Crippen molar-refractivity contribution in [2.45, 2.75) is 13.0 Å². The lowest BCUT2D eigenvalue weighted by atomic mass is 10.2. The zero-order valence-electron chi connectivity index (χ0n) is 9.24. The first-order valence-electron chi connectivity index (χ1n) is 5.21. The molecule has 0 aliphatic heterocycles. The molecule has 2 rings (SSSR count). The van der Waals surface area contributed by atoms with Gasteiger partial charge in [0.05, 0.1) is 11.0 Å². The second-order valence-corrected chi connectivity index (χ2v) is 4.94.